The van der Waals surface area contributed by atoms with Gasteiger partial charge in [0.15, 0.2) is 0 Å². The zero-order valence-electron chi connectivity index (χ0n) is 8.45. The van der Waals surface area contributed by atoms with Crippen molar-refractivity contribution in [3.05, 3.63) is 24.3 Å². The normalized spacial score (nSPS) is 11.2. The maximum Gasteiger partial charge on any atom is 0.302 e. The number of hydrogen-bond acceptors (Lipinski definition) is 2. The molecule has 0 fully saturated rings. The molecule has 0 aliphatic carbocycles. The lowest BCUT2D eigenvalue weighted by Crippen LogP contribution is -1.98. The van der Waals surface area contributed by atoms with Crippen LogP contribution in [0.1, 0.15) is 33.1 Å². The summed E-state index contributed by atoms with van der Waals surface area (Å²) in [5.74, 6) is -0.209. The Morgan fingerprint density at radius 1 is 1.23 bits per heavy atom. The summed E-state index contributed by atoms with van der Waals surface area (Å²) in [6.45, 7) is 4.03. The fourth-order valence-electron chi connectivity index (χ4n) is 0.826. The summed E-state index contributed by atoms with van der Waals surface area (Å²) in [5, 5.41) is 0. The first kappa shape index (κ1) is 11.9. The number of esters is 1. The molecule has 0 aromatic rings. The van der Waals surface area contributed by atoms with Gasteiger partial charge >= 0.3 is 5.97 Å². The van der Waals surface area contributed by atoms with E-state index in [0.29, 0.717) is 6.61 Å². The topological polar surface area (TPSA) is 26.3 Å². The van der Waals surface area contributed by atoms with E-state index in [1.807, 2.05) is 6.08 Å². The van der Waals surface area contributed by atoms with Gasteiger partial charge in [-0.1, -0.05) is 31.2 Å². The van der Waals surface area contributed by atoms with Crippen molar-refractivity contribution in [2.24, 2.45) is 0 Å². The van der Waals surface area contributed by atoms with Crippen LogP contribution in [-0.4, -0.2) is 12.6 Å². The summed E-state index contributed by atoms with van der Waals surface area (Å²) in [5.41, 5.74) is 0. The van der Waals surface area contributed by atoms with Gasteiger partial charge < -0.3 is 4.74 Å². The Bertz CT molecular complexity index is 181. The molecule has 0 heterocycles. The molecule has 0 bridgehead atoms. The van der Waals surface area contributed by atoms with Crippen molar-refractivity contribution < 1.29 is 9.53 Å². The van der Waals surface area contributed by atoms with E-state index in [-0.39, 0.29) is 5.97 Å². The van der Waals surface area contributed by atoms with Crippen LogP contribution in [0.2, 0.25) is 0 Å². The van der Waals surface area contributed by atoms with Crippen molar-refractivity contribution in [2.75, 3.05) is 6.61 Å². The van der Waals surface area contributed by atoms with E-state index >= 15 is 0 Å². The standard InChI is InChI=1S/C11H18O2/c1-3-4-5-6-7-8-9-10-13-11(2)12/h4-5,7-8H,3,6,9-10H2,1-2H3/b5-4-,8-7-. The average Bonchev–Trinajstić information content (AvgIpc) is 2.09. The molecule has 0 spiro atoms. The average molecular weight is 182 g/mol. The van der Waals surface area contributed by atoms with Crippen molar-refractivity contribution in [2.45, 2.75) is 33.1 Å². The predicted molar refractivity (Wildman–Crippen MR) is 54.4 cm³/mol. The van der Waals surface area contributed by atoms with Crippen LogP contribution in [-0.2, 0) is 9.53 Å². The van der Waals surface area contributed by atoms with Gasteiger partial charge in [0.05, 0.1) is 6.61 Å². The molecular formula is C11H18O2. The molecule has 0 rings (SSSR count). The summed E-state index contributed by atoms with van der Waals surface area (Å²) < 4.78 is 4.76. The smallest absolute Gasteiger partial charge is 0.302 e. The van der Waals surface area contributed by atoms with Gasteiger partial charge in [-0.25, -0.2) is 0 Å². The highest BCUT2D eigenvalue weighted by molar-refractivity contribution is 5.65. The second-order valence-corrected chi connectivity index (χ2v) is 2.72. The number of rotatable bonds is 6. The quantitative estimate of drug-likeness (QED) is 0.358. The molecule has 0 aliphatic heterocycles. The largest absolute Gasteiger partial charge is 0.466 e. The first-order valence-electron chi connectivity index (χ1n) is 4.70. The van der Waals surface area contributed by atoms with Crippen molar-refractivity contribution in [3.8, 4) is 0 Å². The van der Waals surface area contributed by atoms with Crippen molar-refractivity contribution >= 4 is 5.97 Å². The molecule has 0 N–H and O–H groups in total. The van der Waals surface area contributed by atoms with E-state index in [4.69, 9.17) is 4.74 Å². The van der Waals surface area contributed by atoms with E-state index in [2.05, 4.69) is 25.2 Å². The minimum absolute atomic E-state index is 0.209. The Morgan fingerprint density at radius 3 is 2.54 bits per heavy atom. The zero-order valence-corrected chi connectivity index (χ0v) is 8.45. The Morgan fingerprint density at radius 2 is 1.92 bits per heavy atom. The Balaban J connectivity index is 3.22. The van der Waals surface area contributed by atoms with Gasteiger partial charge in [-0.2, -0.15) is 0 Å². The Labute approximate surface area is 80.3 Å². The van der Waals surface area contributed by atoms with Gasteiger partial charge in [0, 0.05) is 6.92 Å². The summed E-state index contributed by atoms with van der Waals surface area (Å²) in [7, 11) is 0. The Hall–Kier alpha value is -1.05. The summed E-state index contributed by atoms with van der Waals surface area (Å²) in [4.78, 5) is 10.4. The zero-order chi connectivity index (χ0) is 9.94. The highest BCUT2D eigenvalue weighted by Crippen LogP contribution is 1.91. The summed E-state index contributed by atoms with van der Waals surface area (Å²) in [6.07, 6.45) is 11.2. The van der Waals surface area contributed by atoms with Gasteiger partial charge in [0.25, 0.3) is 0 Å². The minimum atomic E-state index is -0.209. The van der Waals surface area contributed by atoms with Gasteiger partial charge in [0.2, 0.25) is 0 Å². The molecule has 0 aromatic heterocycles. The number of hydrogen-bond donors (Lipinski definition) is 0. The van der Waals surface area contributed by atoms with Gasteiger partial charge in [-0.15, -0.1) is 0 Å². The van der Waals surface area contributed by atoms with E-state index in [0.717, 1.165) is 19.3 Å². The molecule has 0 unspecified atom stereocenters. The maximum absolute atomic E-state index is 10.4. The lowest BCUT2D eigenvalue weighted by molar-refractivity contribution is -0.140. The van der Waals surface area contributed by atoms with E-state index < -0.39 is 0 Å². The van der Waals surface area contributed by atoms with E-state index in [9.17, 15) is 4.79 Å². The van der Waals surface area contributed by atoms with Crippen LogP contribution in [0.3, 0.4) is 0 Å². The van der Waals surface area contributed by atoms with Crippen LogP contribution in [0, 0.1) is 0 Å². The summed E-state index contributed by atoms with van der Waals surface area (Å²) in [6, 6.07) is 0. The highest BCUT2D eigenvalue weighted by atomic mass is 16.5. The van der Waals surface area contributed by atoms with Gasteiger partial charge in [-0.3, -0.25) is 4.79 Å². The number of carbonyl (C=O) groups is 1. The Kier molecular flexibility index (Phi) is 8.31. The molecule has 0 atom stereocenters. The lowest BCUT2D eigenvalue weighted by atomic mass is 10.3. The highest BCUT2D eigenvalue weighted by Gasteiger charge is 1.87. The number of carbonyl (C=O) groups excluding carboxylic acids is 1. The second-order valence-electron chi connectivity index (χ2n) is 2.72. The molecule has 2 heteroatoms. The maximum atomic E-state index is 10.4. The van der Waals surface area contributed by atoms with Crippen LogP contribution in [0.25, 0.3) is 0 Å². The molecule has 0 aromatic carbocycles. The molecule has 0 radical (unpaired) electrons. The van der Waals surface area contributed by atoms with Crippen LogP contribution < -0.4 is 0 Å². The molecule has 2 nitrogen and oxygen atoms in total. The molecule has 0 aliphatic rings. The minimum Gasteiger partial charge on any atom is -0.466 e. The van der Waals surface area contributed by atoms with Crippen LogP contribution in [0.15, 0.2) is 24.3 Å². The second kappa shape index (κ2) is 9.04. The van der Waals surface area contributed by atoms with E-state index in [1.54, 1.807) is 0 Å². The van der Waals surface area contributed by atoms with Crippen LogP contribution in [0.4, 0.5) is 0 Å². The van der Waals surface area contributed by atoms with Crippen molar-refractivity contribution in [1.29, 1.82) is 0 Å². The predicted octanol–water partition coefficient (Wildman–Crippen LogP) is 2.85. The van der Waals surface area contributed by atoms with E-state index in [1.165, 1.54) is 6.92 Å². The van der Waals surface area contributed by atoms with Gasteiger partial charge in [0.1, 0.15) is 0 Å². The molecule has 13 heavy (non-hydrogen) atoms. The molecule has 0 amide bonds. The molecule has 74 valence electrons. The lowest BCUT2D eigenvalue weighted by Gasteiger charge is -1.95. The van der Waals surface area contributed by atoms with Crippen LogP contribution in [0.5, 0.6) is 0 Å². The van der Waals surface area contributed by atoms with Crippen molar-refractivity contribution in [3.63, 3.8) is 0 Å². The first-order chi connectivity index (χ1) is 6.27. The number of allylic oxidation sites excluding steroid dienone is 3. The third-order valence-electron chi connectivity index (χ3n) is 1.43. The third-order valence-corrected chi connectivity index (χ3v) is 1.43. The van der Waals surface area contributed by atoms with Crippen LogP contribution >= 0.6 is 0 Å². The van der Waals surface area contributed by atoms with Crippen molar-refractivity contribution in [1.82, 2.24) is 0 Å². The number of ether oxygens (including phenoxy) is 1. The molecule has 0 saturated heterocycles. The third kappa shape index (κ3) is 10.9. The fraction of sp³-hybridized carbons (Fsp3) is 0.545. The monoisotopic (exact) mass is 182 g/mol. The SMILES string of the molecule is CC/C=C\C/C=C\CCOC(C)=O. The van der Waals surface area contributed by atoms with Gasteiger partial charge in [-0.05, 0) is 19.3 Å². The molecule has 0 saturated carbocycles. The summed E-state index contributed by atoms with van der Waals surface area (Å²) >= 11 is 0. The first-order valence-corrected chi connectivity index (χ1v) is 4.70. The fourth-order valence-corrected chi connectivity index (χ4v) is 0.826. The molecular weight excluding hydrogens is 164 g/mol.